The second-order valence-electron chi connectivity index (χ2n) is 33.5. The molecule has 3 aliphatic heterocycles. The molecule has 3 fully saturated rings. The predicted octanol–water partition coefficient (Wildman–Crippen LogP) is -2.46. The molecular weight excluding hydrogens is 1770 g/mol. The lowest BCUT2D eigenvalue weighted by atomic mass is 9.79. The Morgan fingerprint density at radius 1 is 0.321 bits per heavy atom. The molecule has 0 saturated carbocycles. The van der Waals surface area contributed by atoms with E-state index in [-0.39, 0.29) is 159 Å². The maximum Gasteiger partial charge on any atom is 0.222 e. The molecule has 7 unspecified atom stereocenters. The molecule has 3 aromatic heterocycles. The molecule has 0 spiro atoms. The van der Waals surface area contributed by atoms with Gasteiger partial charge in [-0.15, -0.1) is 15.3 Å². The molecule has 0 aromatic carbocycles. The summed E-state index contributed by atoms with van der Waals surface area (Å²) in [5.74, 6) is 0.148. The topological polar surface area (TPSA) is 615 Å². The first kappa shape index (κ1) is 117. The van der Waals surface area contributed by atoms with Crippen LogP contribution in [0.25, 0.3) is 0 Å². The molecule has 0 aliphatic carbocycles. The van der Waals surface area contributed by atoms with Crippen LogP contribution in [0.1, 0.15) is 159 Å². The van der Waals surface area contributed by atoms with Crippen LogP contribution >= 0.6 is 0 Å². The van der Waals surface area contributed by atoms with Gasteiger partial charge >= 0.3 is 0 Å². The van der Waals surface area contributed by atoms with Crippen LogP contribution in [0.15, 0.2) is 18.6 Å². The number of aliphatic hydroxyl groups is 12. The fourth-order valence-electron chi connectivity index (χ4n) is 14.1. The Labute approximate surface area is 782 Å². The van der Waals surface area contributed by atoms with Gasteiger partial charge in [0.25, 0.3) is 0 Å². The minimum absolute atomic E-state index is 0.0320. The third-order valence-corrected chi connectivity index (χ3v) is 22.6. The van der Waals surface area contributed by atoms with Crippen molar-refractivity contribution in [2.45, 2.75) is 273 Å². The average Bonchev–Trinajstić information content (AvgIpc) is 1.09. The lowest BCUT2D eigenvalue weighted by molar-refractivity contribution is -0.302. The Balaban J connectivity index is 0.789. The van der Waals surface area contributed by atoms with E-state index >= 15 is 0 Å². The summed E-state index contributed by atoms with van der Waals surface area (Å²) < 4.78 is 106. The fraction of sp³-hybridized carbons (Fsp3) is 0.864. The second kappa shape index (κ2) is 70.6. The molecule has 46 nitrogen and oxygen atoms in total. The zero-order valence-corrected chi connectivity index (χ0v) is 78.0. The van der Waals surface area contributed by atoms with E-state index in [0.29, 0.717) is 238 Å². The molecule has 13 N–H and O–H groups in total. The number of aromatic nitrogens is 9. The molecule has 3 saturated heterocycles. The first-order chi connectivity index (χ1) is 64.9. The number of Topliss-reactive ketones (excluding diaryl/α,β-unsaturated/α-hetero) is 5. The van der Waals surface area contributed by atoms with Crippen molar-refractivity contribution in [1.29, 1.82) is 0 Å². The van der Waals surface area contributed by atoms with Gasteiger partial charge < -0.3 is 152 Å². The van der Waals surface area contributed by atoms with Gasteiger partial charge in [-0.3, -0.25) is 28.8 Å². The first-order valence-electron chi connectivity index (χ1n) is 47.2. The molecule has 3 aliphatic rings. The van der Waals surface area contributed by atoms with Crippen molar-refractivity contribution in [3.63, 3.8) is 0 Å². The van der Waals surface area contributed by atoms with Crippen LogP contribution in [0.3, 0.4) is 0 Å². The van der Waals surface area contributed by atoms with Gasteiger partial charge in [0, 0.05) is 101 Å². The van der Waals surface area contributed by atoms with Crippen LogP contribution in [0.5, 0.6) is 0 Å². The third-order valence-electron chi connectivity index (χ3n) is 22.6. The molecule has 3 aromatic rings. The molecule has 16 atom stereocenters. The summed E-state index contributed by atoms with van der Waals surface area (Å²) in [5, 5.41) is 145. The van der Waals surface area contributed by atoms with Gasteiger partial charge in [0.15, 0.2) is 18.9 Å². The Morgan fingerprint density at radius 3 is 0.873 bits per heavy atom. The third kappa shape index (κ3) is 48.3. The highest BCUT2D eigenvalue weighted by Gasteiger charge is 2.47. The van der Waals surface area contributed by atoms with Gasteiger partial charge in [-0.1, -0.05) is 48.8 Å². The zero-order valence-electron chi connectivity index (χ0n) is 78.0. The molecule has 46 heteroatoms. The smallest absolute Gasteiger partial charge is 0.222 e. The summed E-state index contributed by atoms with van der Waals surface area (Å²) in [6.45, 7) is 10.5. The van der Waals surface area contributed by atoms with E-state index in [0.717, 1.165) is 12.8 Å². The lowest BCUT2D eigenvalue weighted by Crippen LogP contribution is -2.59. The summed E-state index contributed by atoms with van der Waals surface area (Å²) in [6.07, 6.45) is -4.05. The van der Waals surface area contributed by atoms with Crippen molar-refractivity contribution in [2.75, 3.05) is 205 Å². The minimum atomic E-state index is -1.52. The SMILES string of the molecule is CC(C)C(COCCC(=O)CCCCCCC(=O)CCc1cn(CCOCCOCCOCCO[C@H]2OC(CO)[C@@H](O)[C@H](O)C2O)nn1)(COCCC(=O)CCCCCC(=O)CCc1cn(CCOCCOCCOCCO[C@H]2OC(CO)[C@@H](O)[C@H](O)C2O)nn1)COCCC(=O)NCCCCC(=O)CCc1cn(CCOCCOCCOCCO[C@H]2OC(CO)[C@@H](O)[C@H](O)C2O)nn1. The molecule has 6 rings (SSSR count). The Hall–Kier alpha value is -5.96. The molecule has 0 radical (unpaired) electrons. The number of ketones is 5. The van der Waals surface area contributed by atoms with E-state index in [1.165, 1.54) is 0 Å². The predicted molar refractivity (Wildman–Crippen MR) is 468 cm³/mol. The molecule has 0 bridgehead atoms. The highest BCUT2D eigenvalue weighted by atomic mass is 16.7. The van der Waals surface area contributed by atoms with Crippen molar-refractivity contribution in [3.05, 3.63) is 35.7 Å². The number of aliphatic hydroxyl groups excluding tert-OH is 12. The number of hydrogen-bond donors (Lipinski definition) is 13. The van der Waals surface area contributed by atoms with Crippen LogP contribution in [-0.4, -0.2) is 438 Å². The van der Waals surface area contributed by atoms with Crippen LogP contribution in [0.4, 0.5) is 0 Å². The number of ether oxygens (including phenoxy) is 18. The van der Waals surface area contributed by atoms with Crippen LogP contribution in [0.2, 0.25) is 0 Å². The minimum Gasteiger partial charge on any atom is -0.394 e. The van der Waals surface area contributed by atoms with E-state index < -0.39 is 117 Å². The zero-order chi connectivity index (χ0) is 96.8. The van der Waals surface area contributed by atoms with Crippen LogP contribution in [0, 0.1) is 11.3 Å². The van der Waals surface area contributed by atoms with Gasteiger partial charge in [0.05, 0.1) is 235 Å². The summed E-state index contributed by atoms with van der Waals surface area (Å²) in [6, 6.07) is 0. The summed E-state index contributed by atoms with van der Waals surface area (Å²) in [5.41, 5.74) is 1.37. The van der Waals surface area contributed by atoms with Crippen molar-refractivity contribution in [1.82, 2.24) is 50.3 Å². The summed E-state index contributed by atoms with van der Waals surface area (Å²) in [7, 11) is 0. The van der Waals surface area contributed by atoms with E-state index in [1.54, 1.807) is 32.6 Å². The van der Waals surface area contributed by atoms with Crippen LogP contribution in [-0.2, 0) is 153 Å². The summed E-state index contributed by atoms with van der Waals surface area (Å²) >= 11 is 0. The molecule has 1 amide bonds. The van der Waals surface area contributed by atoms with E-state index in [9.17, 15) is 90.0 Å². The highest BCUT2D eigenvalue weighted by molar-refractivity contribution is 5.80. The van der Waals surface area contributed by atoms with Gasteiger partial charge in [-0.05, 0) is 63.7 Å². The highest BCUT2D eigenvalue weighted by Crippen LogP contribution is 2.31. The normalized spacial score (nSPS) is 22.6. The maximum absolute atomic E-state index is 13.1. The summed E-state index contributed by atoms with van der Waals surface area (Å²) in [4.78, 5) is 77.6. The van der Waals surface area contributed by atoms with Crippen molar-refractivity contribution >= 4 is 34.8 Å². The number of unbranched alkanes of at least 4 members (excludes halogenated alkanes) is 6. The maximum atomic E-state index is 13.1. The van der Waals surface area contributed by atoms with E-state index in [1.807, 2.05) is 13.8 Å². The number of nitrogens with zero attached hydrogens (tertiary/aromatic N) is 9. The Morgan fingerprint density at radius 2 is 0.582 bits per heavy atom. The lowest BCUT2D eigenvalue weighted by Gasteiger charge is -2.39. The fourth-order valence-corrected chi connectivity index (χ4v) is 14.1. The van der Waals surface area contributed by atoms with E-state index in [4.69, 9.17) is 85.3 Å². The number of carbonyl (C=O) groups excluding carboxylic acids is 6. The Bertz CT molecular complexity index is 3420. The van der Waals surface area contributed by atoms with Gasteiger partial charge in [0.1, 0.15) is 102 Å². The molecule has 134 heavy (non-hydrogen) atoms. The Kier molecular flexibility index (Phi) is 61.5. The van der Waals surface area contributed by atoms with Crippen LogP contribution < -0.4 is 5.32 Å². The number of rotatable bonds is 85. The van der Waals surface area contributed by atoms with Gasteiger partial charge in [0.2, 0.25) is 5.91 Å². The number of nitrogens with one attached hydrogen (secondary N) is 1. The molecule has 6 heterocycles. The number of carbonyl (C=O) groups is 6. The monoisotopic (exact) mass is 1930 g/mol. The van der Waals surface area contributed by atoms with Gasteiger partial charge in [-0.2, -0.15) is 0 Å². The standard InChI is InChI=1S/C88H152N10O36/c1-63(2)88(61-127-31-24-71(106)15-9-5-8-13-68(103)21-18-65-55-97(94-91-65)28-34-118-37-40-121-43-46-124-49-52-130-86-83(115)80(112)77(109)73(58-100)133-86,62-128-32-25-75(107)89-26-11-10-16-69(104)22-19-66-56-98(95-92-66)29-35-119-38-41-122-44-47-125-50-53-131-87-84(116)81(113)78(110)74(59-101)134-87)60-126-30-23-70(105)14-7-4-3-6-12-67(102)20-17-64-54-96(93-90-64)27-33-117-36-39-120-42-45-123-48-51-129-85-82(114)79(111)76(108)72(57-99)132-85/h54-56,63,72-74,76-87,99-101,108-116H,3-53,57-62H2,1-2H3,(H,89,107)/t72?,73?,74?,76-,77-,78-,79+,80+,81+,82?,83?,84?,85+,86+,87+,88?/m1/s1. The van der Waals surface area contributed by atoms with Gasteiger partial charge in [-0.25, -0.2) is 14.0 Å². The largest absolute Gasteiger partial charge is 0.394 e. The quantitative estimate of drug-likeness (QED) is 0.0261. The van der Waals surface area contributed by atoms with E-state index in [2.05, 4.69) is 36.3 Å². The molecule has 770 valence electrons. The number of hydrogen-bond acceptors (Lipinski definition) is 42. The molecular formula is C88H152N10O36. The van der Waals surface area contributed by atoms with Crippen molar-refractivity contribution < 1.29 is 175 Å². The number of amides is 1. The number of aryl methyl sites for hydroxylation is 3. The van der Waals surface area contributed by atoms with Crippen molar-refractivity contribution in [3.8, 4) is 0 Å². The average molecular weight is 1930 g/mol. The first-order valence-corrected chi connectivity index (χ1v) is 47.2. The van der Waals surface area contributed by atoms with Crippen molar-refractivity contribution in [2.24, 2.45) is 11.3 Å². The second-order valence-corrected chi connectivity index (χ2v) is 33.5.